The normalized spacial score (nSPS) is 18.0. The molecule has 1 saturated heterocycles. The fraction of sp³-hybridized carbons (Fsp3) is 0.579. The van der Waals surface area contributed by atoms with E-state index in [-0.39, 0.29) is 37.0 Å². The van der Waals surface area contributed by atoms with Gasteiger partial charge in [0.05, 0.1) is 12.4 Å². The van der Waals surface area contributed by atoms with E-state index in [4.69, 9.17) is 4.74 Å². The third-order valence-electron chi connectivity index (χ3n) is 4.49. The molecule has 1 aliphatic heterocycles. The number of benzene rings is 1. The van der Waals surface area contributed by atoms with Crippen LogP contribution in [-0.2, 0) is 30.8 Å². The SMILES string of the molecule is CCS(=O)(=O)N[C@@H](Cc1ccccc1)C(=O)N1CCCOCCNC(=O)CC1. The monoisotopic (exact) mass is 411 g/mol. The van der Waals surface area contributed by atoms with E-state index in [1.54, 1.807) is 4.90 Å². The first kappa shape index (κ1) is 22.3. The fourth-order valence-corrected chi connectivity index (χ4v) is 3.71. The van der Waals surface area contributed by atoms with Crippen LogP contribution in [0.15, 0.2) is 30.3 Å². The molecule has 2 rings (SSSR count). The van der Waals surface area contributed by atoms with Crippen LogP contribution in [0.2, 0.25) is 0 Å². The number of carbonyl (C=O) groups excluding carboxylic acids is 2. The van der Waals surface area contributed by atoms with Crippen LogP contribution in [-0.4, -0.2) is 69.8 Å². The Morgan fingerprint density at radius 1 is 1.25 bits per heavy atom. The molecule has 0 radical (unpaired) electrons. The van der Waals surface area contributed by atoms with Crippen molar-refractivity contribution in [3.8, 4) is 0 Å². The molecule has 28 heavy (non-hydrogen) atoms. The summed E-state index contributed by atoms with van der Waals surface area (Å²) in [4.78, 5) is 26.6. The van der Waals surface area contributed by atoms with Gasteiger partial charge in [-0.25, -0.2) is 13.1 Å². The van der Waals surface area contributed by atoms with Crippen LogP contribution >= 0.6 is 0 Å². The van der Waals surface area contributed by atoms with Crippen molar-refractivity contribution in [3.05, 3.63) is 35.9 Å². The summed E-state index contributed by atoms with van der Waals surface area (Å²) in [5, 5.41) is 2.74. The lowest BCUT2D eigenvalue weighted by atomic mass is 10.1. The summed E-state index contributed by atoms with van der Waals surface area (Å²) < 4.78 is 32.2. The van der Waals surface area contributed by atoms with Crippen molar-refractivity contribution < 1.29 is 22.7 Å². The summed E-state index contributed by atoms with van der Waals surface area (Å²) in [6.07, 6.45) is 1.04. The minimum atomic E-state index is -3.57. The Morgan fingerprint density at radius 3 is 2.71 bits per heavy atom. The minimum absolute atomic E-state index is 0.109. The lowest BCUT2D eigenvalue weighted by molar-refractivity contribution is -0.133. The zero-order chi connectivity index (χ0) is 20.4. The van der Waals surface area contributed by atoms with Crippen molar-refractivity contribution in [2.24, 2.45) is 0 Å². The molecule has 2 N–H and O–H groups in total. The summed E-state index contributed by atoms with van der Waals surface area (Å²) in [6.45, 7) is 3.53. The summed E-state index contributed by atoms with van der Waals surface area (Å²) >= 11 is 0. The van der Waals surface area contributed by atoms with E-state index in [1.807, 2.05) is 30.3 Å². The van der Waals surface area contributed by atoms with Gasteiger partial charge in [0.25, 0.3) is 0 Å². The Kier molecular flexibility index (Phi) is 8.88. The van der Waals surface area contributed by atoms with Crippen molar-refractivity contribution >= 4 is 21.8 Å². The Morgan fingerprint density at radius 2 is 2.00 bits per heavy atom. The van der Waals surface area contributed by atoms with Crippen molar-refractivity contribution in [1.82, 2.24) is 14.9 Å². The number of nitrogens with one attached hydrogen (secondary N) is 2. The average molecular weight is 412 g/mol. The number of ether oxygens (including phenoxy) is 1. The van der Waals surface area contributed by atoms with Crippen LogP contribution in [0, 0.1) is 0 Å². The summed E-state index contributed by atoms with van der Waals surface area (Å²) in [5.41, 5.74) is 0.860. The third-order valence-corrected chi connectivity index (χ3v) is 5.89. The van der Waals surface area contributed by atoms with E-state index in [9.17, 15) is 18.0 Å². The van der Waals surface area contributed by atoms with Crippen LogP contribution in [0.4, 0.5) is 0 Å². The van der Waals surface area contributed by atoms with E-state index < -0.39 is 16.1 Å². The van der Waals surface area contributed by atoms with Gasteiger partial charge >= 0.3 is 0 Å². The summed E-state index contributed by atoms with van der Waals surface area (Å²) in [5.74, 6) is -0.591. The highest BCUT2D eigenvalue weighted by atomic mass is 32.2. The fourth-order valence-electron chi connectivity index (χ4n) is 2.93. The lowest BCUT2D eigenvalue weighted by Gasteiger charge is -2.27. The molecule has 1 aliphatic rings. The van der Waals surface area contributed by atoms with E-state index in [2.05, 4.69) is 10.0 Å². The molecule has 156 valence electrons. The minimum Gasteiger partial charge on any atom is -0.380 e. The molecule has 0 spiro atoms. The molecule has 0 saturated carbocycles. The number of rotatable bonds is 6. The standard InChI is InChI=1S/C19H29N3O5S/c1-2-28(25,26)21-17(15-16-7-4-3-5-8-16)19(24)22-11-6-13-27-14-10-20-18(23)9-12-22/h3-5,7-8,17,21H,2,6,9-15H2,1H3,(H,20,23)/t17-/m0/s1. The van der Waals surface area contributed by atoms with Crippen molar-refractivity contribution in [3.63, 3.8) is 0 Å². The summed E-state index contributed by atoms with van der Waals surface area (Å²) in [7, 11) is -3.57. The number of hydrogen-bond donors (Lipinski definition) is 2. The van der Waals surface area contributed by atoms with Crippen LogP contribution in [0.1, 0.15) is 25.3 Å². The van der Waals surface area contributed by atoms with Crippen LogP contribution < -0.4 is 10.0 Å². The average Bonchev–Trinajstić information content (AvgIpc) is 2.73. The van der Waals surface area contributed by atoms with Gasteiger partial charge in [0, 0.05) is 32.7 Å². The molecule has 0 bridgehead atoms. The van der Waals surface area contributed by atoms with Crippen LogP contribution in [0.25, 0.3) is 0 Å². The van der Waals surface area contributed by atoms with Gasteiger partial charge in [0.15, 0.2) is 0 Å². The van der Waals surface area contributed by atoms with E-state index >= 15 is 0 Å². The Hall–Kier alpha value is -1.97. The molecule has 9 heteroatoms. The van der Waals surface area contributed by atoms with Crippen molar-refractivity contribution in [1.29, 1.82) is 0 Å². The van der Waals surface area contributed by atoms with Gasteiger partial charge in [0.1, 0.15) is 6.04 Å². The second-order valence-electron chi connectivity index (χ2n) is 6.65. The topological polar surface area (TPSA) is 105 Å². The highest BCUT2D eigenvalue weighted by Crippen LogP contribution is 2.09. The molecule has 8 nitrogen and oxygen atoms in total. The molecule has 1 aromatic carbocycles. The number of sulfonamides is 1. The van der Waals surface area contributed by atoms with E-state index in [0.717, 1.165) is 5.56 Å². The molecule has 1 fully saturated rings. The zero-order valence-electron chi connectivity index (χ0n) is 16.2. The van der Waals surface area contributed by atoms with Crippen LogP contribution in [0.5, 0.6) is 0 Å². The molecular formula is C19H29N3O5S. The number of carbonyl (C=O) groups is 2. The number of amides is 2. The first-order valence-corrected chi connectivity index (χ1v) is 11.2. The second kappa shape index (κ2) is 11.1. The van der Waals surface area contributed by atoms with E-state index in [0.29, 0.717) is 32.7 Å². The first-order chi connectivity index (χ1) is 13.4. The molecule has 1 atom stereocenters. The molecule has 1 aromatic rings. The predicted molar refractivity (Wildman–Crippen MR) is 106 cm³/mol. The summed E-state index contributed by atoms with van der Waals surface area (Å²) in [6, 6.07) is 8.35. The molecule has 0 aliphatic carbocycles. The van der Waals surface area contributed by atoms with Gasteiger partial charge < -0.3 is 15.0 Å². The highest BCUT2D eigenvalue weighted by molar-refractivity contribution is 7.89. The maximum Gasteiger partial charge on any atom is 0.241 e. The van der Waals surface area contributed by atoms with Crippen molar-refractivity contribution in [2.45, 2.75) is 32.2 Å². The molecule has 1 heterocycles. The number of hydrogen-bond acceptors (Lipinski definition) is 5. The van der Waals surface area contributed by atoms with Gasteiger partial charge in [-0.15, -0.1) is 0 Å². The smallest absolute Gasteiger partial charge is 0.241 e. The van der Waals surface area contributed by atoms with Gasteiger partial charge in [0.2, 0.25) is 21.8 Å². The van der Waals surface area contributed by atoms with Gasteiger partial charge in [-0.3, -0.25) is 9.59 Å². The predicted octanol–water partition coefficient (Wildman–Crippen LogP) is 0.292. The maximum atomic E-state index is 13.2. The Labute approximate surface area is 166 Å². The zero-order valence-corrected chi connectivity index (χ0v) is 17.0. The first-order valence-electron chi connectivity index (χ1n) is 9.58. The largest absolute Gasteiger partial charge is 0.380 e. The molecule has 2 amide bonds. The van der Waals surface area contributed by atoms with Gasteiger partial charge in [-0.05, 0) is 25.3 Å². The quantitative estimate of drug-likeness (QED) is 0.700. The maximum absolute atomic E-state index is 13.2. The van der Waals surface area contributed by atoms with Gasteiger partial charge in [-0.1, -0.05) is 30.3 Å². The molecule has 0 unspecified atom stereocenters. The third kappa shape index (κ3) is 7.57. The van der Waals surface area contributed by atoms with Crippen LogP contribution in [0.3, 0.4) is 0 Å². The van der Waals surface area contributed by atoms with Crippen molar-refractivity contribution in [2.75, 3.05) is 38.6 Å². The highest BCUT2D eigenvalue weighted by Gasteiger charge is 2.28. The lowest BCUT2D eigenvalue weighted by Crippen LogP contribution is -2.51. The molecule has 0 aromatic heterocycles. The number of nitrogens with zero attached hydrogens (tertiary/aromatic N) is 1. The van der Waals surface area contributed by atoms with E-state index in [1.165, 1.54) is 6.92 Å². The van der Waals surface area contributed by atoms with Gasteiger partial charge in [-0.2, -0.15) is 0 Å². The Bertz CT molecular complexity index is 739. The second-order valence-corrected chi connectivity index (χ2v) is 8.70. The Balaban J connectivity index is 2.17. The molecular weight excluding hydrogens is 382 g/mol.